The Morgan fingerprint density at radius 1 is 0.647 bits per heavy atom. The number of aromatic hydroxyl groups is 2. The zero-order valence-electron chi connectivity index (χ0n) is 20.1. The summed E-state index contributed by atoms with van der Waals surface area (Å²) in [5, 5.41) is 21.1. The molecule has 2 N–H and O–H groups in total. The minimum absolute atomic E-state index is 0.300. The molecule has 5 rings (SSSR count). The molecule has 180 valence electrons. The summed E-state index contributed by atoms with van der Waals surface area (Å²) in [5.41, 5.74) is 4.67. The number of rotatable bonds is 8. The van der Waals surface area contributed by atoms with Crippen molar-refractivity contribution in [3.8, 4) is 11.8 Å². The van der Waals surface area contributed by atoms with Crippen LogP contribution in [0.15, 0.2) is 60.7 Å². The molecule has 2 heterocycles. The molecular weight excluding hydrogens is 422 g/mol. The first-order valence-electron chi connectivity index (χ1n) is 12.9. The van der Waals surface area contributed by atoms with E-state index >= 15 is 0 Å². The highest BCUT2D eigenvalue weighted by molar-refractivity contribution is 5.46. The lowest BCUT2D eigenvalue weighted by atomic mass is 9.95. The molecule has 0 saturated carbocycles. The molecule has 1 saturated heterocycles. The van der Waals surface area contributed by atoms with Crippen LogP contribution >= 0.6 is 0 Å². The summed E-state index contributed by atoms with van der Waals surface area (Å²) in [6.45, 7) is 6.02. The van der Waals surface area contributed by atoms with Crippen molar-refractivity contribution in [3.63, 3.8) is 0 Å². The summed E-state index contributed by atoms with van der Waals surface area (Å²) < 4.78 is 1.73. The van der Waals surface area contributed by atoms with Crippen LogP contribution in [0.1, 0.15) is 54.0 Å². The number of piperazine rings is 1. The molecule has 3 aromatic rings. The van der Waals surface area contributed by atoms with Crippen molar-refractivity contribution in [2.24, 2.45) is 0 Å². The molecule has 1 aliphatic heterocycles. The van der Waals surface area contributed by atoms with Crippen LogP contribution < -0.4 is 0 Å². The van der Waals surface area contributed by atoms with Crippen molar-refractivity contribution >= 4 is 0 Å². The number of unbranched alkanes of at least 4 members (excludes halogenated alkanes) is 1. The monoisotopic (exact) mass is 459 g/mol. The standard InChI is InChI=1S/C29H37N3O2/c33-28-25-15-7-8-16-26(25)29(34)32(28)18-10-9-17-30-19-21-31(22-20-30)27(23-11-3-1-4-12-23)24-13-5-2-6-14-24/h1-6,11-14,27,33-34H,7-10,15-22H2. The van der Waals surface area contributed by atoms with Gasteiger partial charge in [0.15, 0.2) is 11.8 Å². The second-order valence-electron chi connectivity index (χ2n) is 9.77. The van der Waals surface area contributed by atoms with E-state index in [1.165, 1.54) is 11.1 Å². The lowest BCUT2D eigenvalue weighted by Gasteiger charge is -2.39. The summed E-state index contributed by atoms with van der Waals surface area (Å²) in [6, 6.07) is 22.0. The maximum Gasteiger partial charge on any atom is 0.197 e. The third kappa shape index (κ3) is 4.86. The molecule has 1 aliphatic carbocycles. The van der Waals surface area contributed by atoms with E-state index in [1.807, 2.05) is 0 Å². The fourth-order valence-electron chi connectivity index (χ4n) is 5.77. The van der Waals surface area contributed by atoms with Crippen molar-refractivity contribution < 1.29 is 10.2 Å². The Hall–Kier alpha value is -2.76. The molecule has 34 heavy (non-hydrogen) atoms. The topological polar surface area (TPSA) is 51.9 Å². The number of benzene rings is 2. The number of hydrogen-bond donors (Lipinski definition) is 2. The van der Waals surface area contributed by atoms with Gasteiger partial charge in [0.05, 0.1) is 6.04 Å². The van der Waals surface area contributed by atoms with Gasteiger partial charge < -0.3 is 15.1 Å². The van der Waals surface area contributed by atoms with E-state index in [0.717, 1.165) is 82.4 Å². The minimum Gasteiger partial charge on any atom is -0.494 e. The molecule has 0 atom stereocenters. The average molecular weight is 460 g/mol. The van der Waals surface area contributed by atoms with Crippen molar-refractivity contribution in [2.75, 3.05) is 32.7 Å². The van der Waals surface area contributed by atoms with Crippen LogP contribution in [0.5, 0.6) is 11.8 Å². The van der Waals surface area contributed by atoms with Crippen LogP contribution in [-0.2, 0) is 19.4 Å². The van der Waals surface area contributed by atoms with Crippen LogP contribution in [0.3, 0.4) is 0 Å². The summed E-state index contributed by atoms with van der Waals surface area (Å²) >= 11 is 0. The fraction of sp³-hybridized carbons (Fsp3) is 0.448. The largest absolute Gasteiger partial charge is 0.494 e. The first kappa shape index (κ1) is 23.0. The van der Waals surface area contributed by atoms with E-state index in [1.54, 1.807) is 4.57 Å². The molecule has 2 aliphatic rings. The summed E-state index contributed by atoms with van der Waals surface area (Å²) in [5.74, 6) is 0.599. The molecule has 1 aromatic heterocycles. The highest BCUT2D eigenvalue weighted by Gasteiger charge is 2.27. The molecule has 0 bridgehead atoms. The smallest absolute Gasteiger partial charge is 0.197 e. The normalized spacial score (nSPS) is 17.2. The zero-order valence-corrected chi connectivity index (χ0v) is 20.1. The summed E-state index contributed by atoms with van der Waals surface area (Å²) in [4.78, 5) is 5.17. The maximum atomic E-state index is 10.6. The predicted octanol–water partition coefficient (Wildman–Crippen LogP) is 4.97. The molecule has 2 aromatic carbocycles. The van der Waals surface area contributed by atoms with Crippen molar-refractivity contribution in [1.29, 1.82) is 0 Å². The van der Waals surface area contributed by atoms with E-state index in [0.29, 0.717) is 24.3 Å². The van der Waals surface area contributed by atoms with Crippen LogP contribution in [0.2, 0.25) is 0 Å². The minimum atomic E-state index is 0.300. The fourth-order valence-corrected chi connectivity index (χ4v) is 5.77. The van der Waals surface area contributed by atoms with Gasteiger partial charge in [-0.05, 0) is 56.2 Å². The van der Waals surface area contributed by atoms with Crippen molar-refractivity contribution in [2.45, 2.75) is 51.1 Å². The predicted molar refractivity (Wildman–Crippen MR) is 136 cm³/mol. The number of aromatic nitrogens is 1. The molecule has 5 nitrogen and oxygen atoms in total. The highest BCUT2D eigenvalue weighted by Crippen LogP contribution is 2.38. The van der Waals surface area contributed by atoms with E-state index in [4.69, 9.17) is 0 Å². The third-order valence-corrected chi connectivity index (χ3v) is 7.63. The Morgan fingerprint density at radius 3 is 1.68 bits per heavy atom. The molecule has 0 unspecified atom stereocenters. The van der Waals surface area contributed by atoms with Gasteiger partial charge in [-0.1, -0.05) is 60.7 Å². The number of nitrogens with zero attached hydrogens (tertiary/aromatic N) is 3. The second kappa shape index (κ2) is 10.7. The van der Waals surface area contributed by atoms with E-state index in [9.17, 15) is 10.2 Å². The first-order valence-corrected chi connectivity index (χ1v) is 12.9. The van der Waals surface area contributed by atoms with Gasteiger partial charge in [-0.3, -0.25) is 9.47 Å². The van der Waals surface area contributed by atoms with Gasteiger partial charge in [-0.25, -0.2) is 0 Å². The molecule has 0 spiro atoms. The van der Waals surface area contributed by atoms with Gasteiger partial charge >= 0.3 is 0 Å². The average Bonchev–Trinajstić information content (AvgIpc) is 3.14. The van der Waals surface area contributed by atoms with E-state index < -0.39 is 0 Å². The third-order valence-electron chi connectivity index (χ3n) is 7.63. The van der Waals surface area contributed by atoms with Crippen LogP contribution in [-0.4, -0.2) is 57.3 Å². The van der Waals surface area contributed by atoms with Gasteiger partial charge in [0, 0.05) is 43.9 Å². The Bertz CT molecular complexity index is 987. The van der Waals surface area contributed by atoms with Gasteiger partial charge in [-0.15, -0.1) is 0 Å². The Balaban J connectivity index is 1.13. The van der Waals surface area contributed by atoms with Crippen LogP contribution in [0, 0.1) is 0 Å². The Morgan fingerprint density at radius 2 is 1.15 bits per heavy atom. The summed E-state index contributed by atoms with van der Waals surface area (Å²) in [6.07, 6.45) is 6.02. The van der Waals surface area contributed by atoms with Gasteiger partial charge in [0.2, 0.25) is 0 Å². The summed E-state index contributed by atoms with van der Waals surface area (Å²) in [7, 11) is 0. The first-order chi connectivity index (χ1) is 16.7. The van der Waals surface area contributed by atoms with Crippen LogP contribution in [0.4, 0.5) is 0 Å². The van der Waals surface area contributed by atoms with Gasteiger partial charge in [0.25, 0.3) is 0 Å². The SMILES string of the molecule is Oc1c2c(c(O)n1CCCCN1CCN(C(c3ccccc3)c3ccccc3)CC1)CCCC2. The number of fused-ring (bicyclic) bond motifs is 1. The highest BCUT2D eigenvalue weighted by atomic mass is 16.3. The number of hydrogen-bond acceptors (Lipinski definition) is 4. The maximum absolute atomic E-state index is 10.6. The van der Waals surface area contributed by atoms with E-state index in [-0.39, 0.29) is 0 Å². The van der Waals surface area contributed by atoms with Crippen molar-refractivity contribution in [3.05, 3.63) is 82.9 Å². The lowest BCUT2D eigenvalue weighted by molar-refractivity contribution is 0.108. The molecule has 5 heteroatoms. The zero-order chi connectivity index (χ0) is 23.3. The lowest BCUT2D eigenvalue weighted by Crippen LogP contribution is -2.48. The quantitative estimate of drug-likeness (QED) is 0.467. The molecule has 0 amide bonds. The van der Waals surface area contributed by atoms with Crippen LogP contribution in [0.25, 0.3) is 0 Å². The van der Waals surface area contributed by atoms with Crippen molar-refractivity contribution in [1.82, 2.24) is 14.4 Å². The van der Waals surface area contributed by atoms with Gasteiger partial charge in [0.1, 0.15) is 0 Å². The second-order valence-corrected chi connectivity index (χ2v) is 9.77. The molecular formula is C29H37N3O2. The molecule has 0 radical (unpaired) electrons. The van der Waals surface area contributed by atoms with E-state index in [2.05, 4.69) is 70.5 Å². The Kier molecular flexibility index (Phi) is 7.21. The van der Waals surface area contributed by atoms with Gasteiger partial charge in [-0.2, -0.15) is 0 Å². The molecule has 1 fully saturated rings. The Labute approximate surface area is 203 Å².